The van der Waals surface area contributed by atoms with Gasteiger partial charge in [0.25, 0.3) is 0 Å². The van der Waals surface area contributed by atoms with Crippen LogP contribution in [0.15, 0.2) is 42.7 Å². The molecule has 0 saturated heterocycles. The number of hydrogen-bond donors (Lipinski definition) is 3. The number of anilines is 3. The third-order valence-corrected chi connectivity index (χ3v) is 9.65. The van der Waals surface area contributed by atoms with E-state index in [2.05, 4.69) is 31.7 Å². The van der Waals surface area contributed by atoms with E-state index in [9.17, 15) is 18.3 Å². The maximum absolute atomic E-state index is 13.7. The highest BCUT2D eigenvalue weighted by molar-refractivity contribution is 5.75. The predicted molar refractivity (Wildman–Crippen MR) is 147 cm³/mol. The lowest BCUT2D eigenvalue weighted by atomic mass is 9.49. The fourth-order valence-electron chi connectivity index (χ4n) is 8.33. The number of nitrogens with zero attached hydrogens (tertiary/aromatic N) is 3. The van der Waals surface area contributed by atoms with Crippen LogP contribution >= 0.6 is 0 Å². The molecule has 6 nitrogen and oxygen atoms in total. The van der Waals surface area contributed by atoms with Gasteiger partial charge in [0.2, 0.25) is 0 Å². The summed E-state index contributed by atoms with van der Waals surface area (Å²) in [6, 6.07) is 10.2. The van der Waals surface area contributed by atoms with Gasteiger partial charge in [-0.25, -0.2) is 15.0 Å². The van der Waals surface area contributed by atoms with Gasteiger partial charge in [0, 0.05) is 30.3 Å². The number of aliphatic hydroxyl groups excluding tert-OH is 1. The minimum Gasteiger partial charge on any atom is -0.393 e. The summed E-state index contributed by atoms with van der Waals surface area (Å²) in [6.45, 7) is 0.631. The molecular weight excluding hydrogens is 515 g/mol. The number of fused-ring (bicyclic) bond motifs is 1. The maximum Gasteiger partial charge on any atom is 0.433 e. The first kappa shape index (κ1) is 25.7. The van der Waals surface area contributed by atoms with Gasteiger partial charge in [-0.15, -0.1) is 0 Å². The first-order valence-corrected chi connectivity index (χ1v) is 14.4. The van der Waals surface area contributed by atoms with Crippen LogP contribution in [0.4, 0.5) is 30.5 Å². The van der Waals surface area contributed by atoms with Crippen molar-refractivity contribution in [2.45, 2.75) is 70.1 Å². The van der Waals surface area contributed by atoms with Crippen molar-refractivity contribution in [2.24, 2.45) is 23.2 Å². The normalized spacial score (nSPS) is 28.8. The number of pyridine rings is 1. The molecular formula is C31H34F3N5O. The van der Waals surface area contributed by atoms with Crippen LogP contribution in [0, 0.1) is 23.2 Å². The SMILES string of the molecule is OC1CCc2cccc(Nc3cc(-c4ccc(C(F)(F)F)nc4NCC45CC6CC(CC(C6)C4)C5)ncn3)c2C1. The van der Waals surface area contributed by atoms with Crippen LogP contribution < -0.4 is 10.6 Å². The minimum absolute atomic E-state index is 0.136. The van der Waals surface area contributed by atoms with E-state index in [0.717, 1.165) is 67.2 Å². The summed E-state index contributed by atoms with van der Waals surface area (Å²) in [7, 11) is 0. The van der Waals surface area contributed by atoms with E-state index in [1.807, 2.05) is 12.1 Å². The Bertz CT molecular complexity index is 1390. The molecule has 3 N–H and O–H groups in total. The highest BCUT2D eigenvalue weighted by Crippen LogP contribution is 2.60. The number of halogens is 3. The van der Waals surface area contributed by atoms with E-state index in [1.165, 1.54) is 37.2 Å². The molecule has 40 heavy (non-hydrogen) atoms. The summed E-state index contributed by atoms with van der Waals surface area (Å²) < 4.78 is 41.1. The Hall–Kier alpha value is -3.20. The van der Waals surface area contributed by atoms with Crippen LogP contribution in [0.2, 0.25) is 0 Å². The summed E-state index contributed by atoms with van der Waals surface area (Å²) >= 11 is 0. The molecule has 0 aliphatic heterocycles. The first-order chi connectivity index (χ1) is 19.2. The van der Waals surface area contributed by atoms with E-state index in [-0.39, 0.29) is 17.3 Å². The summed E-state index contributed by atoms with van der Waals surface area (Å²) in [4.78, 5) is 12.9. The predicted octanol–water partition coefficient (Wildman–Crippen LogP) is 6.78. The molecule has 2 aromatic heterocycles. The monoisotopic (exact) mass is 549 g/mol. The highest BCUT2D eigenvalue weighted by atomic mass is 19.4. The molecule has 5 aliphatic rings. The lowest BCUT2D eigenvalue weighted by Gasteiger charge is -2.57. The van der Waals surface area contributed by atoms with Crippen molar-refractivity contribution in [1.82, 2.24) is 15.0 Å². The summed E-state index contributed by atoms with van der Waals surface area (Å²) in [6.07, 6.45) is 6.02. The molecule has 2 heterocycles. The minimum atomic E-state index is -4.54. The fourth-order valence-corrected chi connectivity index (χ4v) is 8.33. The van der Waals surface area contributed by atoms with Crippen LogP contribution in [0.25, 0.3) is 11.3 Å². The van der Waals surface area contributed by atoms with Crippen LogP contribution in [0.5, 0.6) is 0 Å². The molecule has 0 amide bonds. The Morgan fingerprint density at radius 2 is 1.73 bits per heavy atom. The lowest BCUT2D eigenvalue weighted by Crippen LogP contribution is -2.49. The van der Waals surface area contributed by atoms with Gasteiger partial charge in [0.05, 0.1) is 11.8 Å². The van der Waals surface area contributed by atoms with Gasteiger partial charge in [-0.1, -0.05) is 12.1 Å². The molecule has 3 aromatic rings. The zero-order chi connectivity index (χ0) is 27.5. The molecule has 210 valence electrons. The zero-order valence-corrected chi connectivity index (χ0v) is 22.3. The number of aromatic nitrogens is 3. The van der Waals surface area contributed by atoms with Gasteiger partial charge in [-0.05, 0) is 104 Å². The third-order valence-electron chi connectivity index (χ3n) is 9.65. The smallest absolute Gasteiger partial charge is 0.393 e. The van der Waals surface area contributed by atoms with Crippen molar-refractivity contribution >= 4 is 17.3 Å². The second kappa shape index (κ2) is 9.72. The second-order valence-electron chi connectivity index (χ2n) is 12.6. The van der Waals surface area contributed by atoms with E-state index in [1.54, 1.807) is 6.07 Å². The molecule has 1 unspecified atom stereocenters. The number of hydrogen-bond acceptors (Lipinski definition) is 6. The summed E-state index contributed by atoms with van der Waals surface area (Å²) in [5.41, 5.74) is 3.38. The van der Waals surface area contributed by atoms with Gasteiger partial charge in [0.1, 0.15) is 23.7 Å². The van der Waals surface area contributed by atoms with E-state index < -0.39 is 11.9 Å². The van der Waals surface area contributed by atoms with Gasteiger partial charge in [-0.3, -0.25) is 0 Å². The van der Waals surface area contributed by atoms with Crippen LogP contribution in [0.3, 0.4) is 0 Å². The van der Waals surface area contributed by atoms with Gasteiger partial charge < -0.3 is 15.7 Å². The topological polar surface area (TPSA) is 83.0 Å². The van der Waals surface area contributed by atoms with Gasteiger partial charge in [-0.2, -0.15) is 13.2 Å². The Labute approximate surface area is 231 Å². The van der Waals surface area contributed by atoms with Crippen LogP contribution in [-0.4, -0.2) is 32.7 Å². The molecule has 1 atom stereocenters. The van der Waals surface area contributed by atoms with E-state index >= 15 is 0 Å². The molecule has 0 spiro atoms. The number of aliphatic hydroxyl groups is 1. The van der Waals surface area contributed by atoms with E-state index in [4.69, 9.17) is 0 Å². The summed E-state index contributed by atoms with van der Waals surface area (Å²) in [5.74, 6) is 3.01. The number of alkyl halides is 3. The van der Waals surface area contributed by atoms with Crippen molar-refractivity contribution in [2.75, 3.05) is 17.2 Å². The number of benzene rings is 1. The summed E-state index contributed by atoms with van der Waals surface area (Å²) in [5, 5.41) is 17.0. The Morgan fingerprint density at radius 3 is 2.45 bits per heavy atom. The quantitative estimate of drug-likeness (QED) is 0.315. The third kappa shape index (κ3) is 4.93. The molecule has 0 radical (unpaired) electrons. The average molecular weight is 550 g/mol. The molecule has 4 saturated carbocycles. The van der Waals surface area contributed by atoms with Crippen molar-refractivity contribution < 1.29 is 18.3 Å². The van der Waals surface area contributed by atoms with Crippen molar-refractivity contribution in [1.29, 1.82) is 0 Å². The van der Waals surface area contributed by atoms with Crippen LogP contribution in [-0.2, 0) is 19.0 Å². The van der Waals surface area contributed by atoms with Crippen molar-refractivity contribution in [3.05, 3.63) is 59.5 Å². The fraction of sp³-hybridized carbons (Fsp3) is 0.516. The number of aryl methyl sites for hydroxylation is 1. The second-order valence-corrected chi connectivity index (χ2v) is 12.6. The van der Waals surface area contributed by atoms with Crippen molar-refractivity contribution in [3.63, 3.8) is 0 Å². The lowest BCUT2D eigenvalue weighted by molar-refractivity contribution is -0.141. The molecule has 1 aromatic carbocycles. The molecule has 5 aliphatic carbocycles. The van der Waals surface area contributed by atoms with E-state index in [0.29, 0.717) is 30.0 Å². The van der Waals surface area contributed by atoms with Crippen LogP contribution in [0.1, 0.15) is 61.8 Å². The Morgan fingerprint density at radius 1 is 0.975 bits per heavy atom. The van der Waals surface area contributed by atoms with Gasteiger partial charge >= 0.3 is 6.18 Å². The van der Waals surface area contributed by atoms with Crippen molar-refractivity contribution in [3.8, 4) is 11.3 Å². The Kier molecular flexibility index (Phi) is 6.25. The number of rotatable bonds is 6. The molecule has 4 fully saturated rings. The Balaban J connectivity index is 1.18. The standard InChI is InChI=1S/C31H34F3N5O/c32-31(33,34)27-7-6-23(29(39-27)35-16-30-13-18-8-19(14-30)10-20(9-18)15-30)26-12-28(37-17-36-26)38-25-3-1-2-21-4-5-22(40)11-24(21)25/h1-3,6-7,12,17-20,22,40H,4-5,8-11,13-16H2,(H,35,39)(H,36,37,38). The average Bonchev–Trinajstić information content (AvgIpc) is 2.91. The highest BCUT2D eigenvalue weighted by Gasteiger charge is 2.50. The molecule has 9 heteroatoms. The van der Waals surface area contributed by atoms with Gasteiger partial charge in [0.15, 0.2) is 0 Å². The largest absolute Gasteiger partial charge is 0.433 e. The molecule has 4 bridgehead atoms. The zero-order valence-electron chi connectivity index (χ0n) is 22.3. The number of nitrogens with one attached hydrogen (secondary N) is 2. The maximum atomic E-state index is 13.7. The first-order valence-electron chi connectivity index (χ1n) is 14.4. The molecule has 8 rings (SSSR count).